The predicted molar refractivity (Wildman–Crippen MR) is 79.4 cm³/mol. The lowest BCUT2D eigenvalue weighted by molar-refractivity contribution is 0.0658. The van der Waals surface area contributed by atoms with E-state index in [4.69, 9.17) is 9.52 Å². The van der Waals surface area contributed by atoms with Crippen LogP contribution < -0.4 is 0 Å². The molecule has 4 nitrogen and oxygen atoms in total. The predicted octanol–water partition coefficient (Wildman–Crippen LogP) is 3.36. The Balaban J connectivity index is 1.59. The van der Waals surface area contributed by atoms with Gasteiger partial charge in [0.1, 0.15) is 0 Å². The van der Waals surface area contributed by atoms with Crippen molar-refractivity contribution in [3.63, 3.8) is 0 Å². The topological polar surface area (TPSA) is 53.7 Å². The number of furan rings is 1. The van der Waals surface area contributed by atoms with Crippen LogP contribution in [0.5, 0.6) is 0 Å². The van der Waals surface area contributed by atoms with Gasteiger partial charge in [-0.1, -0.05) is 30.3 Å². The van der Waals surface area contributed by atoms with Gasteiger partial charge in [-0.25, -0.2) is 4.79 Å². The monoisotopic (exact) mass is 285 g/mol. The number of nitrogens with zero attached hydrogens (tertiary/aromatic N) is 1. The number of benzene rings is 1. The molecule has 1 aliphatic heterocycles. The molecule has 3 rings (SSSR count). The van der Waals surface area contributed by atoms with Crippen molar-refractivity contribution in [2.24, 2.45) is 0 Å². The molecule has 1 saturated heterocycles. The summed E-state index contributed by atoms with van der Waals surface area (Å²) >= 11 is 0. The van der Waals surface area contributed by atoms with Crippen LogP contribution in [0.25, 0.3) is 0 Å². The number of piperidine rings is 1. The van der Waals surface area contributed by atoms with Crippen LogP contribution in [-0.2, 0) is 6.54 Å². The Hall–Kier alpha value is -2.07. The lowest BCUT2D eigenvalue weighted by Gasteiger charge is -2.32. The molecule has 1 aliphatic rings. The fraction of sp³-hybridized carbons (Fsp3) is 0.353. The Kier molecular flexibility index (Phi) is 4.06. The third-order valence-corrected chi connectivity index (χ3v) is 4.19. The number of carboxylic acids is 1. The molecule has 1 fully saturated rings. The van der Waals surface area contributed by atoms with Crippen molar-refractivity contribution < 1.29 is 14.3 Å². The van der Waals surface area contributed by atoms with E-state index in [1.54, 1.807) is 6.07 Å². The summed E-state index contributed by atoms with van der Waals surface area (Å²) < 4.78 is 5.03. The highest BCUT2D eigenvalue weighted by atomic mass is 16.4. The summed E-state index contributed by atoms with van der Waals surface area (Å²) in [5.41, 5.74) is 2.17. The van der Waals surface area contributed by atoms with E-state index in [-0.39, 0.29) is 5.76 Å². The van der Waals surface area contributed by atoms with Crippen molar-refractivity contribution in [3.05, 3.63) is 59.5 Å². The molecule has 0 amide bonds. The molecule has 110 valence electrons. The van der Waals surface area contributed by atoms with Crippen molar-refractivity contribution in [3.8, 4) is 0 Å². The summed E-state index contributed by atoms with van der Waals surface area (Å²) in [6.07, 6.45) is 3.68. The summed E-state index contributed by atoms with van der Waals surface area (Å²) in [5, 5.41) is 9.06. The molecule has 0 aliphatic carbocycles. The zero-order valence-electron chi connectivity index (χ0n) is 11.9. The van der Waals surface area contributed by atoms with Gasteiger partial charge >= 0.3 is 5.97 Å². The van der Waals surface area contributed by atoms with E-state index in [1.165, 1.54) is 11.8 Å². The molecule has 1 N–H and O–H groups in total. The van der Waals surface area contributed by atoms with E-state index in [2.05, 4.69) is 29.2 Å². The first-order valence-corrected chi connectivity index (χ1v) is 7.31. The smallest absolute Gasteiger partial charge is 0.372 e. The minimum atomic E-state index is -0.992. The van der Waals surface area contributed by atoms with Crippen LogP contribution in [0.4, 0.5) is 0 Å². The minimum absolute atomic E-state index is 0.0696. The molecule has 2 aromatic rings. The zero-order valence-corrected chi connectivity index (χ0v) is 11.9. The highest BCUT2D eigenvalue weighted by molar-refractivity contribution is 5.86. The van der Waals surface area contributed by atoms with Crippen molar-refractivity contribution in [2.45, 2.75) is 25.3 Å². The summed E-state index contributed by atoms with van der Waals surface area (Å²) in [7, 11) is 0. The number of carboxylic acid groups (broad SMARTS) is 1. The third-order valence-electron chi connectivity index (χ3n) is 4.19. The number of carbonyl (C=O) groups is 1. The maximum absolute atomic E-state index is 11.0. The molecule has 1 aromatic carbocycles. The van der Waals surface area contributed by atoms with Crippen LogP contribution in [0, 0.1) is 0 Å². The quantitative estimate of drug-likeness (QED) is 0.936. The first kappa shape index (κ1) is 13.9. The highest BCUT2D eigenvalue weighted by Crippen LogP contribution is 2.28. The summed E-state index contributed by atoms with van der Waals surface area (Å²) in [4.78, 5) is 13.4. The number of hydrogen-bond donors (Lipinski definition) is 1. The normalized spacial score (nSPS) is 17.0. The largest absolute Gasteiger partial charge is 0.475 e. The second kappa shape index (κ2) is 6.14. The number of aromatic carboxylic acids is 1. The average Bonchev–Trinajstić information content (AvgIpc) is 2.97. The van der Waals surface area contributed by atoms with Crippen molar-refractivity contribution in [1.82, 2.24) is 4.90 Å². The van der Waals surface area contributed by atoms with Gasteiger partial charge in [0.15, 0.2) is 0 Å². The van der Waals surface area contributed by atoms with Gasteiger partial charge in [0, 0.05) is 12.1 Å². The number of rotatable bonds is 4. The first-order valence-electron chi connectivity index (χ1n) is 7.31. The molecule has 0 atom stereocenters. The minimum Gasteiger partial charge on any atom is -0.475 e. The van der Waals surface area contributed by atoms with Crippen molar-refractivity contribution in [1.29, 1.82) is 0 Å². The Morgan fingerprint density at radius 2 is 1.90 bits per heavy atom. The first-order chi connectivity index (χ1) is 10.2. The zero-order chi connectivity index (χ0) is 14.7. The molecular weight excluding hydrogens is 266 g/mol. The van der Waals surface area contributed by atoms with E-state index in [1.807, 2.05) is 6.07 Å². The fourth-order valence-electron chi connectivity index (χ4n) is 3.04. The SMILES string of the molecule is O=C(O)c1occc1CN1CCC(c2ccccc2)CC1. The van der Waals surface area contributed by atoms with Crippen LogP contribution in [0.3, 0.4) is 0 Å². The van der Waals surface area contributed by atoms with E-state index >= 15 is 0 Å². The standard InChI is InChI=1S/C17H19NO3/c19-17(20)16-15(8-11-21-16)12-18-9-6-14(7-10-18)13-4-2-1-3-5-13/h1-5,8,11,14H,6-7,9-10,12H2,(H,19,20). The maximum atomic E-state index is 11.0. The Labute approximate surface area is 124 Å². The van der Waals surface area contributed by atoms with Gasteiger partial charge in [0.25, 0.3) is 0 Å². The molecule has 0 spiro atoms. The molecule has 2 heterocycles. The lowest BCUT2D eigenvalue weighted by atomic mass is 9.89. The van der Waals surface area contributed by atoms with E-state index < -0.39 is 5.97 Å². The molecule has 4 heteroatoms. The molecule has 0 unspecified atom stereocenters. The van der Waals surface area contributed by atoms with Crippen LogP contribution in [0.2, 0.25) is 0 Å². The van der Waals surface area contributed by atoms with Crippen LogP contribution >= 0.6 is 0 Å². The van der Waals surface area contributed by atoms with Gasteiger partial charge in [-0.2, -0.15) is 0 Å². The fourth-order valence-corrected chi connectivity index (χ4v) is 3.04. The Morgan fingerprint density at radius 3 is 2.57 bits per heavy atom. The molecule has 1 aromatic heterocycles. The van der Waals surface area contributed by atoms with Crippen LogP contribution in [0.1, 0.15) is 40.4 Å². The van der Waals surface area contributed by atoms with Gasteiger partial charge in [0.05, 0.1) is 6.26 Å². The molecule has 0 saturated carbocycles. The lowest BCUT2D eigenvalue weighted by Crippen LogP contribution is -2.32. The van der Waals surface area contributed by atoms with E-state index in [9.17, 15) is 4.79 Å². The van der Waals surface area contributed by atoms with Gasteiger partial charge in [-0.05, 0) is 43.5 Å². The van der Waals surface area contributed by atoms with E-state index in [0.717, 1.165) is 31.5 Å². The molecular formula is C17H19NO3. The molecule has 21 heavy (non-hydrogen) atoms. The second-order valence-corrected chi connectivity index (χ2v) is 5.54. The average molecular weight is 285 g/mol. The van der Waals surface area contributed by atoms with Crippen molar-refractivity contribution in [2.75, 3.05) is 13.1 Å². The van der Waals surface area contributed by atoms with Gasteiger partial charge in [-0.3, -0.25) is 4.90 Å². The highest BCUT2D eigenvalue weighted by Gasteiger charge is 2.22. The van der Waals surface area contributed by atoms with Crippen LogP contribution in [0.15, 0.2) is 47.1 Å². The number of hydrogen-bond acceptors (Lipinski definition) is 3. The van der Waals surface area contributed by atoms with Gasteiger partial charge < -0.3 is 9.52 Å². The molecule has 0 bridgehead atoms. The Morgan fingerprint density at radius 1 is 1.19 bits per heavy atom. The summed E-state index contributed by atoms with van der Waals surface area (Å²) in [6, 6.07) is 12.4. The molecule has 0 radical (unpaired) electrons. The number of likely N-dealkylation sites (tertiary alicyclic amines) is 1. The third kappa shape index (κ3) is 3.16. The maximum Gasteiger partial charge on any atom is 0.372 e. The summed E-state index contributed by atoms with van der Waals surface area (Å²) in [5.74, 6) is -0.305. The van der Waals surface area contributed by atoms with Gasteiger partial charge in [0.2, 0.25) is 5.76 Å². The van der Waals surface area contributed by atoms with Crippen molar-refractivity contribution >= 4 is 5.97 Å². The summed E-state index contributed by atoms with van der Waals surface area (Å²) in [6.45, 7) is 2.63. The van der Waals surface area contributed by atoms with E-state index in [0.29, 0.717) is 12.5 Å². The van der Waals surface area contributed by atoms with Gasteiger partial charge in [-0.15, -0.1) is 0 Å². The van der Waals surface area contributed by atoms with Crippen LogP contribution in [-0.4, -0.2) is 29.1 Å². The Bertz CT molecular complexity index is 598. The second-order valence-electron chi connectivity index (χ2n) is 5.54.